The molecule has 0 unspecified atom stereocenters. The third-order valence-electron chi connectivity index (χ3n) is 3.43. The van der Waals surface area contributed by atoms with Gasteiger partial charge in [-0.05, 0) is 17.5 Å². The van der Waals surface area contributed by atoms with Crippen molar-refractivity contribution in [3.05, 3.63) is 56.8 Å². The summed E-state index contributed by atoms with van der Waals surface area (Å²) in [4.78, 5) is 24.2. The summed E-state index contributed by atoms with van der Waals surface area (Å²) in [6, 6.07) is 12.0. The van der Waals surface area contributed by atoms with Crippen molar-refractivity contribution in [2.75, 3.05) is 11.9 Å². The maximum absolute atomic E-state index is 9.95. The molecule has 0 amide bonds. The molecule has 1 aliphatic rings. The SMILES string of the molecule is O=c1c(O)c(O)c1=O.OCC1=Nc2cccc3cccc(c23)N1. The second-order valence-electron chi connectivity index (χ2n) is 4.88. The number of aliphatic imine (C=N–C) groups is 1. The van der Waals surface area contributed by atoms with Gasteiger partial charge in [0, 0.05) is 11.1 Å². The number of hydrogen-bond acceptors (Lipinski definition) is 7. The van der Waals surface area contributed by atoms with Crippen LogP contribution in [0.2, 0.25) is 0 Å². The van der Waals surface area contributed by atoms with Crippen LogP contribution in [-0.2, 0) is 0 Å². The first kappa shape index (κ1) is 14.7. The van der Waals surface area contributed by atoms with Crippen molar-refractivity contribution < 1.29 is 15.3 Å². The summed E-state index contributed by atoms with van der Waals surface area (Å²) < 4.78 is 0. The molecular weight excluding hydrogens is 300 g/mol. The highest BCUT2D eigenvalue weighted by Gasteiger charge is 2.17. The molecule has 4 N–H and O–H groups in total. The van der Waals surface area contributed by atoms with E-state index in [0.717, 1.165) is 16.8 Å². The Bertz CT molecular complexity index is 965. The maximum Gasteiger partial charge on any atom is 0.275 e. The fourth-order valence-electron chi connectivity index (χ4n) is 2.29. The Morgan fingerprint density at radius 1 is 0.957 bits per heavy atom. The predicted octanol–water partition coefficient (Wildman–Crippen LogP) is 0.981. The molecule has 7 heteroatoms. The highest BCUT2D eigenvalue weighted by Crippen LogP contribution is 2.35. The van der Waals surface area contributed by atoms with Gasteiger partial charge in [-0.1, -0.05) is 24.3 Å². The zero-order valence-electron chi connectivity index (χ0n) is 11.8. The Labute approximate surface area is 129 Å². The fourth-order valence-corrected chi connectivity index (χ4v) is 2.29. The first-order chi connectivity index (χ1) is 11.0. The Morgan fingerprint density at radius 2 is 1.57 bits per heavy atom. The van der Waals surface area contributed by atoms with Gasteiger partial charge in [0.25, 0.3) is 10.9 Å². The quantitative estimate of drug-likeness (QED) is 0.497. The molecule has 0 saturated carbocycles. The average molecular weight is 312 g/mol. The van der Waals surface area contributed by atoms with Crippen LogP contribution < -0.4 is 16.2 Å². The van der Waals surface area contributed by atoms with Gasteiger partial charge in [-0.15, -0.1) is 0 Å². The van der Waals surface area contributed by atoms with E-state index in [-0.39, 0.29) is 6.61 Å². The van der Waals surface area contributed by atoms with E-state index in [1.54, 1.807) is 0 Å². The van der Waals surface area contributed by atoms with Crippen molar-refractivity contribution in [1.29, 1.82) is 0 Å². The Kier molecular flexibility index (Phi) is 3.55. The summed E-state index contributed by atoms with van der Waals surface area (Å²) in [5, 5.41) is 30.9. The molecule has 116 valence electrons. The van der Waals surface area contributed by atoms with Crippen LogP contribution in [0, 0.1) is 0 Å². The van der Waals surface area contributed by atoms with E-state index in [0.29, 0.717) is 5.84 Å². The zero-order chi connectivity index (χ0) is 16.6. The van der Waals surface area contributed by atoms with Crippen LogP contribution in [0.15, 0.2) is 51.0 Å². The van der Waals surface area contributed by atoms with Gasteiger partial charge < -0.3 is 20.6 Å². The van der Waals surface area contributed by atoms with E-state index in [1.807, 2.05) is 24.3 Å². The highest BCUT2D eigenvalue weighted by atomic mass is 16.3. The van der Waals surface area contributed by atoms with Crippen LogP contribution in [0.25, 0.3) is 10.8 Å². The molecule has 0 aromatic heterocycles. The molecule has 0 bridgehead atoms. The molecular formula is C16H12N2O5. The molecule has 1 heterocycles. The summed E-state index contributed by atoms with van der Waals surface area (Å²) in [6.07, 6.45) is 0. The van der Waals surface area contributed by atoms with E-state index in [9.17, 15) is 9.59 Å². The number of aliphatic hydroxyl groups excluding tert-OH is 1. The van der Waals surface area contributed by atoms with Crippen LogP contribution in [0.1, 0.15) is 0 Å². The average Bonchev–Trinajstić information content (AvgIpc) is 2.60. The second kappa shape index (κ2) is 5.54. The Balaban J connectivity index is 0.000000166. The van der Waals surface area contributed by atoms with Gasteiger partial charge in [0.1, 0.15) is 12.4 Å². The zero-order valence-corrected chi connectivity index (χ0v) is 11.8. The number of rotatable bonds is 1. The molecule has 23 heavy (non-hydrogen) atoms. The summed E-state index contributed by atoms with van der Waals surface area (Å²) >= 11 is 0. The van der Waals surface area contributed by atoms with E-state index in [2.05, 4.69) is 22.4 Å². The van der Waals surface area contributed by atoms with Gasteiger partial charge in [0.15, 0.2) is 0 Å². The van der Waals surface area contributed by atoms with E-state index in [1.165, 1.54) is 5.39 Å². The van der Waals surface area contributed by atoms with Crippen LogP contribution in [0.3, 0.4) is 0 Å². The number of nitrogens with one attached hydrogen (secondary N) is 1. The largest absolute Gasteiger partial charge is 0.501 e. The first-order valence-electron chi connectivity index (χ1n) is 6.71. The molecule has 0 fully saturated rings. The van der Waals surface area contributed by atoms with Gasteiger partial charge in [0.2, 0.25) is 11.5 Å². The number of aromatic hydroxyl groups is 2. The Morgan fingerprint density at radius 3 is 2.13 bits per heavy atom. The topological polar surface area (TPSA) is 119 Å². The highest BCUT2D eigenvalue weighted by molar-refractivity contribution is 6.13. The molecule has 3 aromatic rings. The number of nitrogens with zero attached hydrogens (tertiary/aromatic N) is 1. The predicted molar refractivity (Wildman–Crippen MR) is 86.4 cm³/mol. The molecule has 0 radical (unpaired) electrons. The van der Waals surface area contributed by atoms with Gasteiger partial charge in [0.05, 0.1) is 5.69 Å². The van der Waals surface area contributed by atoms with Crippen molar-refractivity contribution >= 4 is 28.0 Å². The number of hydrogen-bond donors (Lipinski definition) is 4. The van der Waals surface area contributed by atoms with Gasteiger partial charge in [-0.2, -0.15) is 0 Å². The smallest absolute Gasteiger partial charge is 0.275 e. The number of aliphatic hydroxyl groups is 1. The number of anilines is 1. The molecule has 7 nitrogen and oxygen atoms in total. The van der Waals surface area contributed by atoms with Crippen LogP contribution >= 0.6 is 0 Å². The standard InChI is InChI=1S/C12H10N2O.C4H2O4/c15-7-11-13-9-5-1-3-8-4-2-6-10(14-11)12(8)9;5-1-2(6)4(8)3(1)7/h1-6,15H,7H2,(H,13,14);5-6H. The van der Waals surface area contributed by atoms with Gasteiger partial charge in [-0.3, -0.25) is 9.59 Å². The van der Waals surface area contributed by atoms with Crippen LogP contribution in [-0.4, -0.2) is 27.8 Å². The molecule has 0 aliphatic carbocycles. The lowest BCUT2D eigenvalue weighted by Gasteiger charge is -2.17. The van der Waals surface area contributed by atoms with Crippen molar-refractivity contribution in [2.24, 2.45) is 4.99 Å². The van der Waals surface area contributed by atoms with Gasteiger partial charge >= 0.3 is 0 Å². The minimum Gasteiger partial charge on any atom is -0.501 e. The van der Waals surface area contributed by atoms with Crippen LogP contribution in [0.5, 0.6) is 11.5 Å². The van der Waals surface area contributed by atoms with E-state index < -0.39 is 22.4 Å². The lowest BCUT2D eigenvalue weighted by Crippen LogP contribution is -2.28. The second-order valence-corrected chi connectivity index (χ2v) is 4.88. The molecule has 1 aliphatic heterocycles. The molecule has 0 atom stereocenters. The van der Waals surface area contributed by atoms with Crippen molar-refractivity contribution in [3.8, 4) is 11.5 Å². The fraction of sp³-hybridized carbons (Fsp3) is 0.0625. The molecule has 0 saturated heterocycles. The third-order valence-corrected chi connectivity index (χ3v) is 3.43. The van der Waals surface area contributed by atoms with Crippen molar-refractivity contribution in [1.82, 2.24) is 0 Å². The van der Waals surface area contributed by atoms with Crippen molar-refractivity contribution in [2.45, 2.75) is 0 Å². The lowest BCUT2D eigenvalue weighted by molar-refractivity contribution is 0.357. The molecule has 3 aromatic carbocycles. The number of amidine groups is 1. The molecule has 0 spiro atoms. The first-order valence-corrected chi connectivity index (χ1v) is 6.71. The van der Waals surface area contributed by atoms with Crippen LogP contribution in [0.4, 0.5) is 11.4 Å². The Hall–Kier alpha value is -3.19. The molecule has 4 rings (SSSR count). The van der Waals surface area contributed by atoms with Crippen molar-refractivity contribution in [3.63, 3.8) is 0 Å². The van der Waals surface area contributed by atoms with Gasteiger partial charge in [-0.25, -0.2) is 4.99 Å². The minimum absolute atomic E-state index is 0.0648. The summed E-state index contributed by atoms with van der Waals surface area (Å²) in [6.45, 7) is -0.0648. The van der Waals surface area contributed by atoms with E-state index >= 15 is 0 Å². The maximum atomic E-state index is 9.95. The number of benzene rings is 2. The summed E-state index contributed by atoms with van der Waals surface area (Å²) in [7, 11) is 0. The normalized spacial score (nSPS) is 12.3. The summed E-state index contributed by atoms with van der Waals surface area (Å²) in [5.41, 5.74) is -0.0851. The third kappa shape index (κ3) is 2.43. The lowest BCUT2D eigenvalue weighted by atomic mass is 10.1. The summed E-state index contributed by atoms with van der Waals surface area (Å²) in [5.74, 6) is -1.05. The van der Waals surface area contributed by atoms with E-state index in [4.69, 9.17) is 15.3 Å². The minimum atomic E-state index is -1.01. The monoisotopic (exact) mass is 312 g/mol.